The van der Waals surface area contributed by atoms with Crippen LogP contribution in [0.4, 0.5) is 4.39 Å². The van der Waals surface area contributed by atoms with Crippen molar-refractivity contribution in [3.8, 4) is 11.8 Å². The van der Waals surface area contributed by atoms with E-state index in [4.69, 9.17) is 5.73 Å². The fourth-order valence-corrected chi connectivity index (χ4v) is 1.68. The second kappa shape index (κ2) is 7.41. The molecule has 0 aliphatic rings. The summed E-state index contributed by atoms with van der Waals surface area (Å²) in [5, 5.41) is 2.53. The van der Waals surface area contributed by atoms with E-state index in [1.807, 2.05) is 0 Å². The van der Waals surface area contributed by atoms with Gasteiger partial charge in [-0.1, -0.05) is 11.8 Å². The van der Waals surface area contributed by atoms with Gasteiger partial charge in [0.05, 0.1) is 12.1 Å². The molecule has 0 fully saturated rings. The van der Waals surface area contributed by atoms with Crippen molar-refractivity contribution in [3.05, 3.63) is 35.1 Å². The van der Waals surface area contributed by atoms with Gasteiger partial charge in [0.25, 0.3) is 5.91 Å². The smallest absolute Gasteiger partial charge is 0.253 e. The van der Waals surface area contributed by atoms with Crippen LogP contribution in [0.5, 0.6) is 0 Å². The third-order valence-electron chi connectivity index (χ3n) is 2.71. The molecule has 1 unspecified atom stereocenters. The van der Waals surface area contributed by atoms with E-state index in [0.717, 1.165) is 6.07 Å². The molecule has 0 spiro atoms. The Morgan fingerprint density at radius 2 is 2.10 bits per heavy atom. The molecule has 1 aromatic rings. The predicted octanol–water partition coefficient (Wildman–Crippen LogP) is 0.342. The van der Waals surface area contributed by atoms with E-state index in [2.05, 4.69) is 17.2 Å². The molecule has 21 heavy (non-hydrogen) atoms. The first-order chi connectivity index (χ1) is 9.86. The minimum atomic E-state index is -0.717. The number of hydrogen-bond donors (Lipinski definition) is 2. The number of nitrogens with one attached hydrogen (secondary N) is 1. The lowest BCUT2D eigenvalue weighted by Gasteiger charge is -2.18. The monoisotopic (exact) mass is 291 g/mol. The van der Waals surface area contributed by atoms with Crippen molar-refractivity contribution in [1.29, 1.82) is 0 Å². The van der Waals surface area contributed by atoms with Gasteiger partial charge in [-0.3, -0.25) is 9.59 Å². The third kappa shape index (κ3) is 4.58. The van der Waals surface area contributed by atoms with Crippen molar-refractivity contribution in [3.63, 3.8) is 0 Å². The first-order valence-corrected chi connectivity index (χ1v) is 6.37. The number of benzene rings is 1. The predicted molar refractivity (Wildman–Crippen MR) is 78.0 cm³/mol. The molecule has 1 aromatic carbocycles. The molecular weight excluding hydrogens is 273 g/mol. The summed E-state index contributed by atoms with van der Waals surface area (Å²) in [7, 11) is 3.18. The molecule has 0 aliphatic carbocycles. The Bertz CT molecular complexity index is 603. The summed E-state index contributed by atoms with van der Waals surface area (Å²) in [5.41, 5.74) is 5.73. The van der Waals surface area contributed by atoms with Crippen molar-refractivity contribution >= 4 is 11.8 Å². The first-order valence-electron chi connectivity index (χ1n) is 6.37. The van der Waals surface area contributed by atoms with Gasteiger partial charge in [0.1, 0.15) is 11.9 Å². The molecule has 3 N–H and O–H groups in total. The highest BCUT2D eigenvalue weighted by atomic mass is 19.1. The number of rotatable bonds is 3. The number of hydrogen-bond acceptors (Lipinski definition) is 3. The Morgan fingerprint density at radius 1 is 1.43 bits per heavy atom. The number of halogens is 1. The lowest BCUT2D eigenvalue weighted by Crippen LogP contribution is -2.44. The standard InChI is InChI=1S/C15H18FN3O2/c1-10(15(21)19(2)3)18-14(20)13-9-12(16)7-6-11(13)5-4-8-17/h6-7,9-10H,8,17H2,1-3H3,(H,18,20). The van der Waals surface area contributed by atoms with E-state index >= 15 is 0 Å². The normalized spacial score (nSPS) is 11.1. The van der Waals surface area contributed by atoms with E-state index in [1.54, 1.807) is 21.0 Å². The highest BCUT2D eigenvalue weighted by Crippen LogP contribution is 2.11. The number of likely N-dealkylation sites (N-methyl/N-ethyl adjacent to an activating group) is 1. The minimum Gasteiger partial charge on any atom is -0.347 e. The van der Waals surface area contributed by atoms with Crippen LogP contribution >= 0.6 is 0 Å². The third-order valence-corrected chi connectivity index (χ3v) is 2.71. The van der Waals surface area contributed by atoms with Gasteiger partial charge in [-0.2, -0.15) is 0 Å². The quantitative estimate of drug-likeness (QED) is 0.789. The number of carbonyl (C=O) groups excluding carboxylic acids is 2. The zero-order valence-electron chi connectivity index (χ0n) is 12.2. The highest BCUT2D eigenvalue weighted by Gasteiger charge is 2.19. The van der Waals surface area contributed by atoms with Gasteiger partial charge in [-0.05, 0) is 25.1 Å². The summed E-state index contributed by atoms with van der Waals surface area (Å²) in [6, 6.07) is 2.99. The van der Waals surface area contributed by atoms with Crippen LogP contribution in [0.25, 0.3) is 0 Å². The van der Waals surface area contributed by atoms with Crippen LogP contribution in [-0.2, 0) is 4.79 Å². The largest absolute Gasteiger partial charge is 0.347 e. The summed E-state index contributed by atoms with van der Waals surface area (Å²) in [5.74, 6) is 3.96. The zero-order chi connectivity index (χ0) is 16.0. The van der Waals surface area contributed by atoms with Crippen molar-refractivity contribution in [1.82, 2.24) is 10.2 Å². The van der Waals surface area contributed by atoms with Crippen LogP contribution in [-0.4, -0.2) is 43.4 Å². The van der Waals surface area contributed by atoms with Crippen LogP contribution < -0.4 is 11.1 Å². The summed E-state index contributed by atoms with van der Waals surface area (Å²) in [4.78, 5) is 25.3. The average molecular weight is 291 g/mol. The van der Waals surface area contributed by atoms with Crippen LogP contribution in [0.15, 0.2) is 18.2 Å². The highest BCUT2D eigenvalue weighted by molar-refractivity contribution is 5.99. The molecule has 0 saturated carbocycles. The Labute approximate surface area is 123 Å². The van der Waals surface area contributed by atoms with E-state index in [0.29, 0.717) is 5.56 Å². The van der Waals surface area contributed by atoms with Crippen molar-refractivity contribution in [2.24, 2.45) is 5.73 Å². The average Bonchev–Trinajstić information content (AvgIpc) is 2.44. The van der Waals surface area contributed by atoms with Gasteiger partial charge in [0, 0.05) is 19.7 Å². The second-order valence-electron chi connectivity index (χ2n) is 4.62. The number of nitrogens with zero attached hydrogens (tertiary/aromatic N) is 1. The molecule has 0 saturated heterocycles. The fraction of sp³-hybridized carbons (Fsp3) is 0.333. The summed E-state index contributed by atoms with van der Waals surface area (Å²) in [6.07, 6.45) is 0. The lowest BCUT2D eigenvalue weighted by molar-refractivity contribution is -0.130. The van der Waals surface area contributed by atoms with Crippen LogP contribution in [0.1, 0.15) is 22.8 Å². The Hall–Kier alpha value is -2.39. The van der Waals surface area contributed by atoms with E-state index in [1.165, 1.54) is 17.0 Å². The molecule has 5 nitrogen and oxygen atoms in total. The first kappa shape index (κ1) is 16.7. The molecule has 0 bridgehead atoms. The van der Waals surface area contributed by atoms with Gasteiger partial charge >= 0.3 is 0 Å². The molecule has 1 rings (SSSR count). The molecule has 0 heterocycles. The van der Waals surface area contributed by atoms with Crippen molar-refractivity contribution in [2.75, 3.05) is 20.6 Å². The summed E-state index contributed by atoms with van der Waals surface area (Å²) >= 11 is 0. The van der Waals surface area contributed by atoms with Crippen molar-refractivity contribution in [2.45, 2.75) is 13.0 Å². The molecule has 6 heteroatoms. The van der Waals surface area contributed by atoms with Crippen LogP contribution in [0, 0.1) is 17.7 Å². The lowest BCUT2D eigenvalue weighted by atomic mass is 10.1. The molecule has 0 radical (unpaired) electrons. The van der Waals surface area contributed by atoms with E-state index in [9.17, 15) is 14.0 Å². The molecule has 2 amide bonds. The number of carbonyl (C=O) groups is 2. The number of amides is 2. The van der Waals surface area contributed by atoms with Crippen LogP contribution in [0.2, 0.25) is 0 Å². The van der Waals surface area contributed by atoms with Gasteiger partial charge < -0.3 is 16.0 Å². The van der Waals surface area contributed by atoms with Gasteiger partial charge in [0.2, 0.25) is 5.91 Å². The Kier molecular flexibility index (Phi) is 5.88. The molecule has 0 aromatic heterocycles. The Balaban J connectivity index is 3.01. The minimum absolute atomic E-state index is 0.0781. The van der Waals surface area contributed by atoms with Gasteiger partial charge in [-0.25, -0.2) is 4.39 Å². The van der Waals surface area contributed by atoms with Crippen LogP contribution in [0.3, 0.4) is 0 Å². The summed E-state index contributed by atoms with van der Waals surface area (Å²) < 4.78 is 13.3. The second-order valence-corrected chi connectivity index (χ2v) is 4.62. The molecule has 1 atom stereocenters. The van der Waals surface area contributed by atoms with E-state index < -0.39 is 17.8 Å². The van der Waals surface area contributed by atoms with Gasteiger partial charge in [-0.15, -0.1) is 0 Å². The maximum atomic E-state index is 13.3. The maximum absolute atomic E-state index is 13.3. The zero-order valence-corrected chi connectivity index (χ0v) is 12.2. The number of nitrogens with two attached hydrogens (primary N) is 1. The molecular formula is C15H18FN3O2. The Morgan fingerprint density at radius 3 is 2.67 bits per heavy atom. The van der Waals surface area contributed by atoms with Gasteiger partial charge in [0.15, 0.2) is 0 Å². The fourth-order valence-electron chi connectivity index (χ4n) is 1.68. The molecule has 0 aliphatic heterocycles. The molecule has 112 valence electrons. The SMILES string of the molecule is CC(NC(=O)c1cc(F)ccc1C#CCN)C(=O)N(C)C. The maximum Gasteiger partial charge on any atom is 0.253 e. The van der Waals surface area contributed by atoms with E-state index in [-0.39, 0.29) is 18.0 Å². The van der Waals surface area contributed by atoms with Crippen molar-refractivity contribution < 1.29 is 14.0 Å². The topological polar surface area (TPSA) is 75.4 Å². The summed E-state index contributed by atoms with van der Waals surface area (Å²) in [6.45, 7) is 1.69.